The minimum absolute atomic E-state index is 1.49. The Bertz CT molecular complexity index is 186. The Hall–Kier alpha value is -0.640. The van der Waals surface area contributed by atoms with Crippen LogP contribution in [0.25, 0.3) is 0 Å². The highest BCUT2D eigenvalue weighted by Crippen LogP contribution is 2.37. The Balaban J connectivity index is 4.35. The van der Waals surface area contributed by atoms with Crippen LogP contribution in [0.15, 0.2) is 0 Å². The quantitative estimate of drug-likeness (QED) is 0.696. The lowest BCUT2D eigenvalue weighted by atomic mass is 10.5. The highest BCUT2D eigenvalue weighted by molar-refractivity contribution is 4.65. The molecule has 0 spiro atoms. The van der Waals surface area contributed by atoms with Gasteiger partial charge in [-0.1, -0.05) is 0 Å². The fourth-order valence-electron chi connectivity index (χ4n) is 0.301. The van der Waals surface area contributed by atoms with Crippen LogP contribution in [0.3, 0.4) is 0 Å². The van der Waals surface area contributed by atoms with Crippen LogP contribution in [0.4, 0.5) is 35.3 Å². The molecule has 2 nitrogen and oxygen atoms in total. The minimum atomic E-state index is -5.77. The van der Waals surface area contributed by atoms with E-state index in [9.17, 15) is 35.3 Å². The van der Waals surface area contributed by atoms with Crippen LogP contribution < -0.4 is 0 Å². The van der Waals surface area contributed by atoms with Crippen LogP contribution in [-0.2, 0) is 9.68 Å². The molecule has 10 heteroatoms. The number of halogens is 8. The van der Waals surface area contributed by atoms with E-state index in [-0.39, 0.29) is 0 Å². The summed E-state index contributed by atoms with van der Waals surface area (Å²) in [4.78, 5) is 1.49. The van der Waals surface area contributed by atoms with Crippen molar-refractivity contribution in [1.82, 2.24) is 0 Å². The molecule has 0 aromatic carbocycles. The number of alkyl halides is 7. The molecule has 0 amide bonds. The first-order valence-corrected chi connectivity index (χ1v) is 2.78. The molecule has 0 radical (unpaired) electrons. The predicted octanol–water partition coefficient (Wildman–Crippen LogP) is 2.65. The SMILES string of the molecule is FOC(F)(F)C(F)(F)OCC(F)(F)F. The smallest absolute Gasteiger partial charge is 0.304 e. The van der Waals surface area contributed by atoms with Crippen molar-refractivity contribution in [2.45, 2.75) is 18.4 Å². The third kappa shape index (κ3) is 3.62. The van der Waals surface area contributed by atoms with Crippen LogP contribution in [0.1, 0.15) is 0 Å². The Labute approximate surface area is 71.3 Å². The highest BCUT2D eigenvalue weighted by Gasteiger charge is 2.62. The molecule has 14 heavy (non-hydrogen) atoms. The predicted molar refractivity (Wildman–Crippen MR) is 24.1 cm³/mol. The lowest BCUT2D eigenvalue weighted by Crippen LogP contribution is -2.45. The summed E-state index contributed by atoms with van der Waals surface area (Å²) in [6, 6.07) is 0. The molecule has 86 valence electrons. The van der Waals surface area contributed by atoms with E-state index in [1.54, 1.807) is 0 Å². The summed E-state index contributed by atoms with van der Waals surface area (Å²) in [6.07, 6.45) is -16.7. The molecule has 0 N–H and O–H groups in total. The zero-order valence-corrected chi connectivity index (χ0v) is 6.05. The van der Waals surface area contributed by atoms with Gasteiger partial charge in [-0.05, 0) is 4.53 Å². The Morgan fingerprint density at radius 1 is 0.786 bits per heavy atom. The van der Waals surface area contributed by atoms with E-state index in [4.69, 9.17) is 0 Å². The normalized spacial score (nSPS) is 14.6. The maximum atomic E-state index is 11.9. The van der Waals surface area contributed by atoms with Crippen molar-refractivity contribution in [2.75, 3.05) is 6.61 Å². The maximum absolute atomic E-state index is 11.9. The second-order valence-corrected chi connectivity index (χ2v) is 2.01. The third-order valence-corrected chi connectivity index (χ3v) is 0.853. The maximum Gasteiger partial charge on any atom is 0.478 e. The molecule has 0 rings (SSSR count). The molecular formula is C4H2F8O2. The van der Waals surface area contributed by atoms with E-state index >= 15 is 0 Å². The van der Waals surface area contributed by atoms with Crippen molar-refractivity contribution in [3.05, 3.63) is 0 Å². The summed E-state index contributed by atoms with van der Waals surface area (Å²) in [5.41, 5.74) is 0. The first kappa shape index (κ1) is 13.4. The molecule has 0 aliphatic heterocycles. The number of rotatable bonds is 4. The molecular weight excluding hydrogens is 232 g/mol. The van der Waals surface area contributed by atoms with Gasteiger partial charge in [-0.3, -0.25) is 0 Å². The molecule has 0 saturated heterocycles. The second kappa shape index (κ2) is 3.85. The van der Waals surface area contributed by atoms with Crippen molar-refractivity contribution in [3.8, 4) is 0 Å². The Morgan fingerprint density at radius 2 is 1.21 bits per heavy atom. The summed E-state index contributed by atoms with van der Waals surface area (Å²) in [5.74, 6) is 0. The fraction of sp³-hybridized carbons (Fsp3) is 1.00. The van der Waals surface area contributed by atoms with Gasteiger partial charge >= 0.3 is 18.4 Å². The number of hydrogen-bond donors (Lipinski definition) is 0. The Morgan fingerprint density at radius 3 is 1.50 bits per heavy atom. The van der Waals surface area contributed by atoms with E-state index in [1.165, 1.54) is 4.94 Å². The Kier molecular flexibility index (Phi) is 3.67. The lowest BCUT2D eigenvalue weighted by molar-refractivity contribution is -0.485. The van der Waals surface area contributed by atoms with Crippen LogP contribution in [0.5, 0.6) is 0 Å². The van der Waals surface area contributed by atoms with E-state index in [0.717, 1.165) is 0 Å². The van der Waals surface area contributed by atoms with Gasteiger partial charge in [-0.25, -0.2) is 0 Å². The van der Waals surface area contributed by atoms with Crippen molar-refractivity contribution in [3.63, 3.8) is 0 Å². The zero-order chi connectivity index (χ0) is 11.6. The zero-order valence-electron chi connectivity index (χ0n) is 6.05. The van der Waals surface area contributed by atoms with Crippen molar-refractivity contribution >= 4 is 0 Å². The van der Waals surface area contributed by atoms with Crippen LogP contribution >= 0.6 is 0 Å². The van der Waals surface area contributed by atoms with Crippen LogP contribution in [0.2, 0.25) is 0 Å². The van der Waals surface area contributed by atoms with Gasteiger partial charge in [-0.15, -0.1) is 4.94 Å². The molecule has 0 aliphatic rings. The fourth-order valence-corrected chi connectivity index (χ4v) is 0.301. The summed E-state index contributed by atoms with van der Waals surface area (Å²) in [5, 5.41) is 0. The van der Waals surface area contributed by atoms with Crippen molar-refractivity contribution in [1.29, 1.82) is 0 Å². The summed E-state index contributed by atoms with van der Waals surface area (Å²) in [7, 11) is 0. The van der Waals surface area contributed by atoms with Gasteiger partial charge in [0.15, 0.2) is 0 Å². The van der Waals surface area contributed by atoms with E-state index < -0.39 is 25.0 Å². The molecule has 0 fully saturated rings. The standard InChI is InChI=1S/C4H2F8O2/c5-2(6,7)1-13-3(8,9)4(10,11)14-12/h1H2. The summed E-state index contributed by atoms with van der Waals surface area (Å²) in [6.45, 7) is -2.65. The molecule has 0 heterocycles. The largest absolute Gasteiger partial charge is 0.478 e. The van der Waals surface area contributed by atoms with Gasteiger partial charge in [0.2, 0.25) is 0 Å². The van der Waals surface area contributed by atoms with E-state index in [0.29, 0.717) is 0 Å². The van der Waals surface area contributed by atoms with Crippen molar-refractivity contribution in [2.24, 2.45) is 0 Å². The third-order valence-electron chi connectivity index (χ3n) is 0.853. The summed E-state index contributed by atoms with van der Waals surface area (Å²) < 4.78 is 94.1. The van der Waals surface area contributed by atoms with Gasteiger partial charge in [0, 0.05) is 0 Å². The molecule has 0 unspecified atom stereocenters. The van der Waals surface area contributed by atoms with Gasteiger partial charge in [0.25, 0.3) is 0 Å². The molecule has 0 aliphatic carbocycles. The van der Waals surface area contributed by atoms with Gasteiger partial charge in [0.1, 0.15) is 6.61 Å². The highest BCUT2D eigenvalue weighted by atomic mass is 19.4. The number of hydrogen-bond acceptors (Lipinski definition) is 2. The molecule has 0 aromatic rings. The minimum Gasteiger partial charge on any atom is -0.304 e. The average Bonchev–Trinajstić information content (AvgIpc) is 1.99. The first-order valence-electron chi connectivity index (χ1n) is 2.78. The van der Waals surface area contributed by atoms with Crippen LogP contribution in [-0.4, -0.2) is 25.0 Å². The lowest BCUT2D eigenvalue weighted by Gasteiger charge is -2.22. The topological polar surface area (TPSA) is 18.5 Å². The van der Waals surface area contributed by atoms with Gasteiger partial charge < -0.3 is 4.74 Å². The molecule has 0 aromatic heterocycles. The monoisotopic (exact) mass is 234 g/mol. The van der Waals surface area contributed by atoms with Crippen LogP contribution in [0, 0.1) is 0 Å². The van der Waals surface area contributed by atoms with E-state index in [1.807, 2.05) is 0 Å². The number of ether oxygens (including phenoxy) is 1. The molecule has 0 bridgehead atoms. The van der Waals surface area contributed by atoms with Gasteiger partial charge in [0.05, 0.1) is 0 Å². The van der Waals surface area contributed by atoms with E-state index in [2.05, 4.69) is 4.74 Å². The van der Waals surface area contributed by atoms with Crippen molar-refractivity contribution < 1.29 is 44.9 Å². The molecule has 0 atom stereocenters. The van der Waals surface area contributed by atoms with Gasteiger partial charge in [-0.2, -0.15) is 30.7 Å². The molecule has 0 saturated carbocycles. The second-order valence-electron chi connectivity index (χ2n) is 2.01. The first-order chi connectivity index (χ1) is 6.02. The summed E-state index contributed by atoms with van der Waals surface area (Å²) >= 11 is 0. The average molecular weight is 234 g/mol.